The zero-order valence-corrected chi connectivity index (χ0v) is 12.5. The van der Waals surface area contributed by atoms with E-state index in [4.69, 9.17) is 25.8 Å². The quantitative estimate of drug-likeness (QED) is 0.759. The fourth-order valence-electron chi connectivity index (χ4n) is 1.57. The van der Waals surface area contributed by atoms with Crippen molar-refractivity contribution in [2.75, 3.05) is 13.2 Å². The number of hydrogen-bond acceptors (Lipinski definition) is 5. The summed E-state index contributed by atoms with van der Waals surface area (Å²) in [5.41, 5.74) is 0. The molecule has 0 bridgehead atoms. The highest BCUT2D eigenvalue weighted by molar-refractivity contribution is 6.32. The smallest absolute Gasteiger partial charge is 0.344 e. The van der Waals surface area contributed by atoms with Crippen LogP contribution in [-0.4, -0.2) is 24.2 Å². The minimum absolute atomic E-state index is 0.107. The molecular formula is C15H13ClFNO4. The van der Waals surface area contributed by atoms with Gasteiger partial charge in [0.25, 0.3) is 5.88 Å². The normalized spacial score (nSPS) is 10.1. The van der Waals surface area contributed by atoms with Gasteiger partial charge in [-0.05, 0) is 37.3 Å². The van der Waals surface area contributed by atoms with Gasteiger partial charge in [0.15, 0.2) is 12.4 Å². The molecule has 0 saturated heterocycles. The number of ether oxygens (including phenoxy) is 3. The summed E-state index contributed by atoms with van der Waals surface area (Å²) in [6.07, 6.45) is 1.49. The van der Waals surface area contributed by atoms with Gasteiger partial charge in [0, 0.05) is 6.20 Å². The molecule has 22 heavy (non-hydrogen) atoms. The van der Waals surface area contributed by atoms with E-state index in [1.165, 1.54) is 18.3 Å². The van der Waals surface area contributed by atoms with Gasteiger partial charge in [0.2, 0.25) is 0 Å². The first-order chi connectivity index (χ1) is 10.6. The molecule has 0 fully saturated rings. The molecule has 7 heteroatoms. The molecule has 0 amide bonds. The van der Waals surface area contributed by atoms with Gasteiger partial charge in [-0.1, -0.05) is 11.6 Å². The molecule has 1 heterocycles. The Bertz CT molecular complexity index is 666. The maximum absolute atomic E-state index is 13.0. The number of halogens is 2. The second-order valence-corrected chi connectivity index (χ2v) is 4.48. The van der Waals surface area contributed by atoms with Gasteiger partial charge < -0.3 is 14.2 Å². The lowest BCUT2D eigenvalue weighted by molar-refractivity contribution is -0.145. The first-order valence-electron chi connectivity index (χ1n) is 6.46. The molecule has 116 valence electrons. The molecule has 0 saturated carbocycles. The van der Waals surface area contributed by atoms with E-state index in [1.54, 1.807) is 19.1 Å². The third-order valence-corrected chi connectivity index (χ3v) is 2.78. The molecule has 2 rings (SSSR count). The highest BCUT2D eigenvalue weighted by Gasteiger charge is 2.12. The van der Waals surface area contributed by atoms with E-state index in [-0.39, 0.29) is 35.6 Å². The standard InChI is InChI=1S/C15H13ClFNO4/c1-2-20-14(19)9-21-15-13(4-3-7-18-15)22-12-6-5-10(17)8-11(12)16/h3-8H,2,9H2,1H3. The lowest BCUT2D eigenvalue weighted by Gasteiger charge is -2.11. The molecule has 0 spiro atoms. The fraction of sp³-hybridized carbons (Fsp3) is 0.200. The molecule has 1 aromatic heterocycles. The van der Waals surface area contributed by atoms with Crippen molar-refractivity contribution in [2.24, 2.45) is 0 Å². The first kappa shape index (κ1) is 16.0. The van der Waals surface area contributed by atoms with Gasteiger partial charge in [0.1, 0.15) is 11.6 Å². The maximum atomic E-state index is 13.0. The molecule has 0 unspecified atom stereocenters. The second-order valence-electron chi connectivity index (χ2n) is 4.08. The van der Waals surface area contributed by atoms with Crippen molar-refractivity contribution in [2.45, 2.75) is 6.92 Å². The number of carbonyl (C=O) groups excluding carboxylic acids is 1. The van der Waals surface area contributed by atoms with Crippen LogP contribution in [0.2, 0.25) is 5.02 Å². The molecular weight excluding hydrogens is 313 g/mol. The molecule has 0 atom stereocenters. The Morgan fingerprint density at radius 3 is 2.86 bits per heavy atom. The van der Waals surface area contributed by atoms with Crippen molar-refractivity contribution in [1.29, 1.82) is 0 Å². The Morgan fingerprint density at radius 1 is 1.32 bits per heavy atom. The minimum Gasteiger partial charge on any atom is -0.463 e. The van der Waals surface area contributed by atoms with Gasteiger partial charge >= 0.3 is 5.97 Å². The largest absolute Gasteiger partial charge is 0.463 e. The Balaban J connectivity index is 2.12. The van der Waals surface area contributed by atoms with Crippen molar-refractivity contribution in [3.05, 3.63) is 47.4 Å². The van der Waals surface area contributed by atoms with Gasteiger partial charge in [-0.25, -0.2) is 14.2 Å². The molecule has 0 aliphatic heterocycles. The fourth-order valence-corrected chi connectivity index (χ4v) is 1.77. The number of carbonyl (C=O) groups is 1. The molecule has 0 radical (unpaired) electrons. The highest BCUT2D eigenvalue weighted by atomic mass is 35.5. The number of rotatable bonds is 6. The van der Waals surface area contributed by atoms with Gasteiger partial charge in [-0.2, -0.15) is 0 Å². The number of pyridine rings is 1. The van der Waals surface area contributed by atoms with E-state index in [9.17, 15) is 9.18 Å². The summed E-state index contributed by atoms with van der Waals surface area (Å²) in [4.78, 5) is 15.3. The van der Waals surface area contributed by atoms with E-state index >= 15 is 0 Å². The maximum Gasteiger partial charge on any atom is 0.344 e. The predicted octanol–water partition coefficient (Wildman–Crippen LogP) is 3.61. The van der Waals surface area contributed by atoms with E-state index in [0.29, 0.717) is 0 Å². The molecule has 0 aliphatic rings. The van der Waals surface area contributed by atoms with Crippen molar-refractivity contribution >= 4 is 17.6 Å². The second kappa shape index (κ2) is 7.61. The van der Waals surface area contributed by atoms with Crippen LogP contribution in [-0.2, 0) is 9.53 Å². The van der Waals surface area contributed by atoms with Crippen LogP contribution in [0.5, 0.6) is 17.4 Å². The van der Waals surface area contributed by atoms with E-state index in [1.807, 2.05) is 0 Å². The predicted molar refractivity (Wildman–Crippen MR) is 77.8 cm³/mol. The van der Waals surface area contributed by atoms with Crippen LogP contribution in [0.3, 0.4) is 0 Å². The van der Waals surface area contributed by atoms with Crippen molar-refractivity contribution in [3.63, 3.8) is 0 Å². The number of esters is 1. The van der Waals surface area contributed by atoms with E-state index in [2.05, 4.69) is 4.98 Å². The van der Waals surface area contributed by atoms with Crippen LogP contribution in [0.4, 0.5) is 4.39 Å². The monoisotopic (exact) mass is 325 g/mol. The van der Waals surface area contributed by atoms with Crippen LogP contribution in [0.25, 0.3) is 0 Å². The van der Waals surface area contributed by atoms with Crippen molar-refractivity contribution < 1.29 is 23.4 Å². The topological polar surface area (TPSA) is 57.7 Å². The van der Waals surface area contributed by atoms with Crippen LogP contribution in [0.15, 0.2) is 36.5 Å². The lowest BCUT2D eigenvalue weighted by Crippen LogP contribution is -2.15. The molecule has 0 aliphatic carbocycles. The molecule has 5 nitrogen and oxygen atoms in total. The van der Waals surface area contributed by atoms with Crippen LogP contribution < -0.4 is 9.47 Å². The number of benzene rings is 1. The highest BCUT2D eigenvalue weighted by Crippen LogP contribution is 2.33. The summed E-state index contributed by atoms with van der Waals surface area (Å²) in [7, 11) is 0. The van der Waals surface area contributed by atoms with Crippen molar-refractivity contribution in [3.8, 4) is 17.4 Å². The van der Waals surface area contributed by atoms with Gasteiger partial charge in [-0.3, -0.25) is 0 Å². The van der Waals surface area contributed by atoms with E-state index in [0.717, 1.165) is 6.07 Å². The zero-order chi connectivity index (χ0) is 15.9. The minimum atomic E-state index is -0.515. The third kappa shape index (κ3) is 4.33. The average Bonchev–Trinajstić information content (AvgIpc) is 2.49. The first-order valence-corrected chi connectivity index (χ1v) is 6.84. The van der Waals surface area contributed by atoms with Gasteiger partial charge in [0.05, 0.1) is 11.6 Å². The Morgan fingerprint density at radius 2 is 2.14 bits per heavy atom. The molecule has 1 aromatic carbocycles. The summed E-state index contributed by atoms with van der Waals surface area (Å²) in [5.74, 6) is -0.380. The summed E-state index contributed by atoms with van der Waals surface area (Å²) in [6, 6.07) is 6.96. The number of hydrogen-bond donors (Lipinski definition) is 0. The Kier molecular flexibility index (Phi) is 5.55. The zero-order valence-electron chi connectivity index (χ0n) is 11.7. The average molecular weight is 326 g/mol. The van der Waals surface area contributed by atoms with Crippen LogP contribution >= 0.6 is 11.6 Å². The Hall–Kier alpha value is -2.34. The number of nitrogens with zero attached hydrogens (tertiary/aromatic N) is 1. The van der Waals surface area contributed by atoms with Crippen molar-refractivity contribution in [1.82, 2.24) is 4.98 Å². The summed E-state index contributed by atoms with van der Waals surface area (Å²) < 4.78 is 28.6. The summed E-state index contributed by atoms with van der Waals surface area (Å²) >= 11 is 5.90. The van der Waals surface area contributed by atoms with Crippen LogP contribution in [0.1, 0.15) is 6.92 Å². The SMILES string of the molecule is CCOC(=O)COc1ncccc1Oc1ccc(F)cc1Cl. The van der Waals surface area contributed by atoms with E-state index < -0.39 is 11.8 Å². The molecule has 0 N–H and O–H groups in total. The summed E-state index contributed by atoms with van der Waals surface area (Å²) in [5, 5.41) is 0.111. The molecule has 2 aromatic rings. The summed E-state index contributed by atoms with van der Waals surface area (Å²) in [6.45, 7) is 1.67. The third-order valence-electron chi connectivity index (χ3n) is 2.48. The Labute approximate surface area is 131 Å². The van der Waals surface area contributed by atoms with Gasteiger partial charge in [-0.15, -0.1) is 0 Å². The lowest BCUT2D eigenvalue weighted by atomic mass is 10.3. The number of aromatic nitrogens is 1. The van der Waals surface area contributed by atoms with Crippen LogP contribution in [0, 0.1) is 5.82 Å².